The summed E-state index contributed by atoms with van der Waals surface area (Å²) in [4.78, 5) is 0. The van der Waals surface area contributed by atoms with Crippen LogP contribution in [0.15, 0.2) is 91.0 Å². The van der Waals surface area contributed by atoms with Gasteiger partial charge in [-0.1, -0.05) is 84.9 Å². The average Bonchev–Trinajstić information content (AvgIpc) is 2.73. The SMILES string of the molecule is CNc1ccccc1C(=N)c1ccc(-c2ccccc2)c2ccccc12. The quantitative estimate of drug-likeness (QED) is 0.443. The normalized spacial score (nSPS) is 10.7. The standard InChI is InChI=1S/C24H20N2/c1-26-23-14-8-7-13-22(23)24(25)21-16-15-18(17-9-3-2-4-10-17)19-11-5-6-12-20(19)21/h2-16,25-26H,1H3. The Labute approximate surface area is 153 Å². The number of anilines is 1. The van der Waals surface area contributed by atoms with Gasteiger partial charge in [0.2, 0.25) is 0 Å². The lowest BCUT2D eigenvalue weighted by atomic mass is 9.91. The molecule has 2 nitrogen and oxygen atoms in total. The molecule has 0 saturated heterocycles. The number of benzene rings is 4. The first kappa shape index (κ1) is 16.1. The maximum absolute atomic E-state index is 8.83. The van der Waals surface area contributed by atoms with E-state index in [1.54, 1.807) is 0 Å². The minimum Gasteiger partial charge on any atom is -0.388 e. The molecule has 0 heterocycles. The lowest BCUT2D eigenvalue weighted by molar-refractivity contribution is 1.44. The Bertz CT molecular complexity index is 1080. The summed E-state index contributed by atoms with van der Waals surface area (Å²) in [5.74, 6) is 0. The molecule has 0 saturated carbocycles. The van der Waals surface area contributed by atoms with Gasteiger partial charge in [-0.2, -0.15) is 0 Å². The fourth-order valence-corrected chi connectivity index (χ4v) is 3.45. The second-order valence-electron chi connectivity index (χ2n) is 6.24. The zero-order valence-electron chi connectivity index (χ0n) is 14.7. The van der Waals surface area contributed by atoms with Gasteiger partial charge in [0.15, 0.2) is 0 Å². The van der Waals surface area contributed by atoms with E-state index >= 15 is 0 Å². The van der Waals surface area contributed by atoms with Gasteiger partial charge in [0.1, 0.15) is 0 Å². The van der Waals surface area contributed by atoms with Crippen LogP contribution in [0.1, 0.15) is 11.1 Å². The van der Waals surface area contributed by atoms with Gasteiger partial charge < -0.3 is 5.32 Å². The fourth-order valence-electron chi connectivity index (χ4n) is 3.45. The summed E-state index contributed by atoms with van der Waals surface area (Å²) in [5, 5.41) is 14.3. The largest absolute Gasteiger partial charge is 0.388 e. The Morgan fingerprint density at radius 1 is 0.654 bits per heavy atom. The smallest absolute Gasteiger partial charge is 0.0711 e. The first-order valence-corrected chi connectivity index (χ1v) is 8.73. The van der Waals surface area contributed by atoms with E-state index in [9.17, 15) is 0 Å². The minimum atomic E-state index is 0.533. The molecule has 0 aromatic heterocycles. The highest BCUT2D eigenvalue weighted by Crippen LogP contribution is 2.32. The highest BCUT2D eigenvalue weighted by Gasteiger charge is 2.14. The average molecular weight is 336 g/mol. The van der Waals surface area contributed by atoms with Crippen LogP contribution in [0, 0.1) is 5.41 Å². The second kappa shape index (κ2) is 6.85. The van der Waals surface area contributed by atoms with Crippen molar-refractivity contribution in [1.82, 2.24) is 0 Å². The molecule has 126 valence electrons. The van der Waals surface area contributed by atoms with Gasteiger partial charge in [-0.3, -0.25) is 5.41 Å². The molecule has 0 radical (unpaired) electrons. The van der Waals surface area contributed by atoms with Crippen molar-refractivity contribution in [2.45, 2.75) is 0 Å². The van der Waals surface area contributed by atoms with Crippen molar-refractivity contribution in [2.24, 2.45) is 0 Å². The highest BCUT2D eigenvalue weighted by atomic mass is 14.8. The molecule has 0 spiro atoms. The first-order valence-electron chi connectivity index (χ1n) is 8.73. The number of fused-ring (bicyclic) bond motifs is 1. The van der Waals surface area contributed by atoms with Crippen LogP contribution in [-0.2, 0) is 0 Å². The summed E-state index contributed by atoms with van der Waals surface area (Å²) < 4.78 is 0. The number of para-hydroxylation sites is 1. The van der Waals surface area contributed by atoms with E-state index in [1.807, 2.05) is 43.4 Å². The second-order valence-corrected chi connectivity index (χ2v) is 6.24. The number of hydrogen-bond acceptors (Lipinski definition) is 2. The summed E-state index contributed by atoms with van der Waals surface area (Å²) in [6.07, 6.45) is 0. The molecule has 0 bridgehead atoms. The number of rotatable bonds is 4. The summed E-state index contributed by atoms with van der Waals surface area (Å²) in [5.41, 5.74) is 5.74. The van der Waals surface area contributed by atoms with Crippen molar-refractivity contribution in [3.05, 3.63) is 102 Å². The van der Waals surface area contributed by atoms with Gasteiger partial charge in [-0.25, -0.2) is 0 Å². The fraction of sp³-hybridized carbons (Fsp3) is 0.0417. The molecule has 0 amide bonds. The van der Waals surface area contributed by atoms with Gasteiger partial charge in [-0.15, -0.1) is 0 Å². The van der Waals surface area contributed by atoms with Crippen molar-refractivity contribution in [3.63, 3.8) is 0 Å². The van der Waals surface area contributed by atoms with Crippen molar-refractivity contribution in [2.75, 3.05) is 12.4 Å². The third-order valence-corrected chi connectivity index (χ3v) is 4.74. The highest BCUT2D eigenvalue weighted by molar-refractivity contribution is 6.21. The predicted octanol–water partition coefficient (Wildman–Crippen LogP) is 5.96. The lowest BCUT2D eigenvalue weighted by Crippen LogP contribution is -2.06. The molecule has 0 unspecified atom stereocenters. The number of nitrogens with one attached hydrogen (secondary N) is 2. The van der Waals surface area contributed by atoms with Crippen LogP contribution in [0.2, 0.25) is 0 Å². The van der Waals surface area contributed by atoms with Gasteiger partial charge in [0.05, 0.1) is 5.71 Å². The monoisotopic (exact) mass is 336 g/mol. The third-order valence-electron chi connectivity index (χ3n) is 4.74. The summed E-state index contributed by atoms with van der Waals surface area (Å²) in [7, 11) is 1.89. The van der Waals surface area contributed by atoms with Gasteiger partial charge in [-0.05, 0) is 28.0 Å². The Hall–Kier alpha value is -3.39. The van der Waals surface area contributed by atoms with Crippen molar-refractivity contribution in [3.8, 4) is 11.1 Å². The van der Waals surface area contributed by atoms with Crippen LogP contribution in [0.5, 0.6) is 0 Å². The molecule has 0 aliphatic carbocycles. The molecule has 0 aliphatic rings. The van der Waals surface area contributed by atoms with E-state index in [2.05, 4.69) is 59.9 Å². The van der Waals surface area contributed by atoms with Crippen molar-refractivity contribution in [1.29, 1.82) is 5.41 Å². The minimum absolute atomic E-state index is 0.533. The molecular weight excluding hydrogens is 316 g/mol. The molecule has 2 heteroatoms. The third kappa shape index (κ3) is 2.76. The van der Waals surface area contributed by atoms with E-state index in [1.165, 1.54) is 16.5 Å². The molecular formula is C24H20N2. The van der Waals surface area contributed by atoms with Gasteiger partial charge in [0.25, 0.3) is 0 Å². The van der Waals surface area contributed by atoms with Crippen molar-refractivity contribution >= 4 is 22.2 Å². The van der Waals surface area contributed by atoms with Gasteiger partial charge in [0, 0.05) is 23.9 Å². The topological polar surface area (TPSA) is 35.9 Å². The molecule has 26 heavy (non-hydrogen) atoms. The number of hydrogen-bond donors (Lipinski definition) is 2. The Kier molecular flexibility index (Phi) is 4.24. The maximum Gasteiger partial charge on any atom is 0.0711 e. The van der Waals surface area contributed by atoms with E-state index in [-0.39, 0.29) is 0 Å². The molecule has 0 fully saturated rings. The Balaban J connectivity index is 1.92. The van der Waals surface area contributed by atoms with Crippen LogP contribution in [0.3, 0.4) is 0 Å². The predicted molar refractivity (Wildman–Crippen MR) is 111 cm³/mol. The van der Waals surface area contributed by atoms with Crippen LogP contribution in [0.4, 0.5) is 5.69 Å². The lowest BCUT2D eigenvalue weighted by Gasteiger charge is -2.15. The molecule has 4 aromatic rings. The van der Waals surface area contributed by atoms with Crippen LogP contribution >= 0.6 is 0 Å². The molecule has 2 N–H and O–H groups in total. The van der Waals surface area contributed by atoms with E-state index in [0.29, 0.717) is 5.71 Å². The maximum atomic E-state index is 8.83. The molecule has 4 aromatic carbocycles. The van der Waals surface area contributed by atoms with Crippen LogP contribution in [0.25, 0.3) is 21.9 Å². The van der Waals surface area contributed by atoms with E-state index in [4.69, 9.17) is 5.41 Å². The zero-order valence-corrected chi connectivity index (χ0v) is 14.7. The van der Waals surface area contributed by atoms with Crippen LogP contribution < -0.4 is 5.32 Å². The van der Waals surface area contributed by atoms with E-state index < -0.39 is 0 Å². The zero-order chi connectivity index (χ0) is 17.9. The van der Waals surface area contributed by atoms with Gasteiger partial charge >= 0.3 is 0 Å². The summed E-state index contributed by atoms with van der Waals surface area (Å²) in [6, 6.07) is 30.9. The Morgan fingerprint density at radius 2 is 1.31 bits per heavy atom. The molecule has 4 rings (SSSR count). The van der Waals surface area contributed by atoms with Crippen molar-refractivity contribution < 1.29 is 0 Å². The Morgan fingerprint density at radius 3 is 2.08 bits per heavy atom. The van der Waals surface area contributed by atoms with Crippen LogP contribution in [-0.4, -0.2) is 12.8 Å². The molecule has 0 atom stereocenters. The summed E-state index contributed by atoms with van der Waals surface area (Å²) >= 11 is 0. The summed E-state index contributed by atoms with van der Waals surface area (Å²) in [6.45, 7) is 0. The first-order chi connectivity index (χ1) is 12.8. The molecule has 0 aliphatic heterocycles. The van der Waals surface area contributed by atoms with E-state index in [0.717, 1.165) is 22.2 Å².